The predicted molar refractivity (Wildman–Crippen MR) is 43.7 cm³/mol. The van der Waals surface area contributed by atoms with E-state index in [1.54, 1.807) is 0 Å². The zero-order valence-corrected chi connectivity index (χ0v) is 7.68. The van der Waals surface area contributed by atoms with Crippen molar-refractivity contribution in [1.29, 1.82) is 0 Å². The Kier molecular flexibility index (Phi) is 8.15. The van der Waals surface area contributed by atoms with E-state index < -0.39 is 9.84 Å². The first-order chi connectivity index (χ1) is 4.12. The maximum Gasteiger partial charge on any atom is 0.153 e. The van der Waals surface area contributed by atoms with Crippen LogP contribution in [0.1, 0.15) is 0 Å². The van der Waals surface area contributed by atoms with E-state index in [1.165, 1.54) is 0 Å². The summed E-state index contributed by atoms with van der Waals surface area (Å²) in [6, 6.07) is 0. The Labute approximate surface area is 71.7 Å². The van der Waals surface area contributed by atoms with Gasteiger partial charge in [-0.05, 0) is 0 Å². The zero-order valence-electron chi connectivity index (χ0n) is 5.29. The zero-order chi connectivity index (χ0) is 7.33. The van der Waals surface area contributed by atoms with Crippen LogP contribution >= 0.6 is 24.0 Å². The monoisotopic (exact) mass is 208 g/mol. The van der Waals surface area contributed by atoms with Crippen LogP contribution in [0.2, 0.25) is 0 Å². The summed E-state index contributed by atoms with van der Waals surface area (Å²) in [5, 5.41) is 8.21. The van der Waals surface area contributed by atoms with Gasteiger partial charge in [0.1, 0.15) is 0 Å². The van der Waals surface area contributed by atoms with E-state index in [9.17, 15) is 8.42 Å². The first-order valence-corrected chi connectivity index (χ1v) is 4.85. The topological polar surface area (TPSA) is 54.4 Å². The molecule has 0 amide bonds. The Morgan fingerprint density at radius 3 is 2.10 bits per heavy atom. The number of halogens is 2. The Morgan fingerprint density at radius 1 is 1.30 bits per heavy atom. The Balaban J connectivity index is 0. The van der Waals surface area contributed by atoms with Crippen molar-refractivity contribution in [3.05, 3.63) is 0 Å². The van der Waals surface area contributed by atoms with Crippen LogP contribution in [-0.4, -0.2) is 37.5 Å². The van der Waals surface area contributed by atoms with Crippen LogP contribution in [-0.2, 0) is 9.84 Å². The smallest absolute Gasteiger partial charge is 0.153 e. The molecule has 64 valence electrons. The maximum absolute atomic E-state index is 10.6. The molecule has 0 aromatic carbocycles. The highest BCUT2D eigenvalue weighted by Crippen LogP contribution is 1.89. The molecule has 0 atom stereocenters. The van der Waals surface area contributed by atoms with Gasteiger partial charge in [-0.25, -0.2) is 8.42 Å². The largest absolute Gasteiger partial charge is 0.395 e. The number of sulfone groups is 1. The third kappa shape index (κ3) is 6.61. The first kappa shape index (κ1) is 13.1. The van der Waals surface area contributed by atoms with E-state index in [1.807, 2.05) is 0 Å². The molecule has 0 saturated heterocycles. The highest BCUT2D eigenvalue weighted by Gasteiger charge is 2.06. The van der Waals surface area contributed by atoms with Gasteiger partial charge in [-0.1, -0.05) is 0 Å². The quantitative estimate of drug-likeness (QED) is 0.666. The second-order valence-electron chi connectivity index (χ2n) is 1.56. The molecule has 10 heavy (non-hydrogen) atoms. The Morgan fingerprint density at radius 2 is 1.80 bits per heavy atom. The number of hydrogen-bond donors (Lipinski definition) is 1. The molecule has 0 bridgehead atoms. The van der Waals surface area contributed by atoms with Crippen LogP contribution < -0.4 is 0 Å². The number of aliphatic hydroxyl groups excluding tert-OH is 1. The molecule has 1 N–H and O–H groups in total. The molecule has 0 spiro atoms. The van der Waals surface area contributed by atoms with Crippen LogP contribution in [0.4, 0.5) is 0 Å². The molecule has 3 nitrogen and oxygen atoms in total. The molecule has 0 heterocycles. The van der Waals surface area contributed by atoms with Gasteiger partial charge < -0.3 is 5.11 Å². The van der Waals surface area contributed by atoms with Crippen molar-refractivity contribution in [3.8, 4) is 0 Å². The number of aliphatic hydroxyl groups is 1. The average Bonchev–Trinajstić information content (AvgIpc) is 1.64. The van der Waals surface area contributed by atoms with Gasteiger partial charge in [-0.3, -0.25) is 0 Å². The molecule has 0 saturated carbocycles. The standard InChI is InChI=1S/C4H9ClO3S.ClH/c5-1-3-9(7,8)4-2-6;/h6H,1-4H2;1H. The molecule has 0 rings (SSSR count). The maximum atomic E-state index is 10.6. The lowest BCUT2D eigenvalue weighted by Crippen LogP contribution is -2.14. The second kappa shape index (κ2) is 6.22. The summed E-state index contributed by atoms with van der Waals surface area (Å²) in [5.41, 5.74) is 0. The molecule has 0 unspecified atom stereocenters. The van der Waals surface area contributed by atoms with Crippen LogP contribution in [0.3, 0.4) is 0 Å². The summed E-state index contributed by atoms with van der Waals surface area (Å²) in [5.74, 6) is -0.128. The normalized spacial score (nSPS) is 10.6. The van der Waals surface area contributed by atoms with Crippen LogP contribution in [0.15, 0.2) is 0 Å². The molecular formula is C4H10Cl2O3S. The van der Waals surface area contributed by atoms with E-state index in [-0.39, 0.29) is 36.4 Å². The third-order valence-corrected chi connectivity index (χ3v) is 2.83. The lowest BCUT2D eigenvalue weighted by Gasteiger charge is -1.95. The molecule has 0 aliphatic rings. The van der Waals surface area contributed by atoms with Gasteiger partial charge in [0.25, 0.3) is 0 Å². The summed E-state index contributed by atoms with van der Waals surface area (Å²) in [6.07, 6.45) is 0. The van der Waals surface area contributed by atoms with Gasteiger partial charge in [-0.2, -0.15) is 0 Å². The summed E-state index contributed by atoms with van der Waals surface area (Å²) in [7, 11) is -3.06. The van der Waals surface area contributed by atoms with Gasteiger partial charge in [0.05, 0.1) is 18.1 Å². The first-order valence-electron chi connectivity index (χ1n) is 2.49. The van der Waals surface area contributed by atoms with E-state index in [2.05, 4.69) is 0 Å². The fourth-order valence-corrected chi connectivity index (χ4v) is 1.78. The molecule has 0 aromatic heterocycles. The van der Waals surface area contributed by atoms with Crippen molar-refractivity contribution in [2.24, 2.45) is 0 Å². The van der Waals surface area contributed by atoms with E-state index >= 15 is 0 Å². The SMILES string of the molecule is Cl.O=S(=O)(CCO)CCCl. The van der Waals surface area contributed by atoms with Gasteiger partial charge in [0.15, 0.2) is 9.84 Å². The van der Waals surface area contributed by atoms with Crippen molar-refractivity contribution in [2.75, 3.05) is 24.0 Å². The van der Waals surface area contributed by atoms with Crippen molar-refractivity contribution in [1.82, 2.24) is 0 Å². The van der Waals surface area contributed by atoms with Crippen molar-refractivity contribution >= 4 is 33.8 Å². The van der Waals surface area contributed by atoms with Crippen molar-refractivity contribution in [3.63, 3.8) is 0 Å². The van der Waals surface area contributed by atoms with E-state index in [4.69, 9.17) is 16.7 Å². The average molecular weight is 209 g/mol. The highest BCUT2D eigenvalue weighted by atomic mass is 35.5. The van der Waals surface area contributed by atoms with Crippen LogP contribution in [0, 0.1) is 0 Å². The van der Waals surface area contributed by atoms with Crippen molar-refractivity contribution < 1.29 is 13.5 Å². The van der Waals surface area contributed by atoms with Crippen LogP contribution in [0.25, 0.3) is 0 Å². The number of alkyl halides is 1. The summed E-state index contributed by atoms with van der Waals surface area (Å²) in [4.78, 5) is 0. The van der Waals surface area contributed by atoms with Gasteiger partial charge in [0.2, 0.25) is 0 Å². The second-order valence-corrected chi connectivity index (χ2v) is 4.25. The molecule has 6 heteroatoms. The van der Waals surface area contributed by atoms with Gasteiger partial charge in [-0.15, -0.1) is 24.0 Å². The minimum atomic E-state index is -3.06. The van der Waals surface area contributed by atoms with E-state index in [0.717, 1.165) is 0 Å². The van der Waals surface area contributed by atoms with Gasteiger partial charge >= 0.3 is 0 Å². The Bertz CT molecular complexity index is 142. The molecule has 0 aromatic rings. The fourth-order valence-electron chi connectivity index (χ4n) is 0.359. The molecule has 0 fully saturated rings. The highest BCUT2D eigenvalue weighted by molar-refractivity contribution is 7.91. The molecule has 0 aliphatic carbocycles. The summed E-state index contributed by atoms with van der Waals surface area (Å²) in [6.45, 7) is -0.320. The Hall–Kier alpha value is 0.490. The van der Waals surface area contributed by atoms with E-state index in [0.29, 0.717) is 0 Å². The van der Waals surface area contributed by atoms with Gasteiger partial charge in [0, 0.05) is 5.88 Å². The molecule has 0 aliphatic heterocycles. The minimum absolute atomic E-state index is 0. The third-order valence-electron chi connectivity index (χ3n) is 0.790. The lowest BCUT2D eigenvalue weighted by molar-refractivity contribution is 0.319. The predicted octanol–water partition coefficient (Wildman–Crippen LogP) is 0.0541. The van der Waals surface area contributed by atoms with Crippen molar-refractivity contribution in [2.45, 2.75) is 0 Å². The summed E-state index contributed by atoms with van der Waals surface area (Å²) >= 11 is 5.16. The summed E-state index contributed by atoms with van der Waals surface area (Å²) < 4.78 is 21.2. The number of hydrogen-bond acceptors (Lipinski definition) is 3. The molecular weight excluding hydrogens is 199 g/mol. The lowest BCUT2D eigenvalue weighted by atomic mass is 10.9. The fraction of sp³-hybridized carbons (Fsp3) is 1.00. The van der Waals surface area contributed by atoms with Crippen LogP contribution in [0.5, 0.6) is 0 Å². The minimum Gasteiger partial charge on any atom is -0.395 e. The molecule has 0 radical (unpaired) electrons. The number of rotatable bonds is 4.